The van der Waals surface area contributed by atoms with Gasteiger partial charge < -0.3 is 9.84 Å². The molecule has 26 heavy (non-hydrogen) atoms. The number of carbonyl (C=O) groups is 1. The lowest BCUT2D eigenvalue weighted by Crippen LogP contribution is -2.28. The molecule has 2 saturated heterocycles. The predicted molar refractivity (Wildman–Crippen MR) is 114 cm³/mol. The summed E-state index contributed by atoms with van der Waals surface area (Å²) in [6, 6.07) is 0. The number of aliphatic carboxylic acids is 1. The van der Waals surface area contributed by atoms with Crippen molar-refractivity contribution in [2.45, 2.75) is 76.9 Å². The molecule has 2 rings (SSSR count). The Morgan fingerprint density at radius 1 is 1.00 bits per heavy atom. The van der Waals surface area contributed by atoms with Crippen molar-refractivity contribution in [3.05, 3.63) is 12.2 Å². The van der Waals surface area contributed by atoms with E-state index in [1.807, 2.05) is 11.8 Å². The van der Waals surface area contributed by atoms with E-state index in [0.29, 0.717) is 12.2 Å². The van der Waals surface area contributed by atoms with E-state index in [2.05, 4.69) is 18.7 Å². The minimum Gasteiger partial charge on any atom is -0.478 e. The number of unbranched alkanes of at least 4 members (excludes halogenated alkanes) is 3. The largest absolute Gasteiger partial charge is 0.478 e. The molecular formula is C21H36O3S2. The number of carboxylic acids is 1. The monoisotopic (exact) mass is 400 g/mol. The lowest BCUT2D eigenvalue weighted by atomic mass is 9.76. The van der Waals surface area contributed by atoms with Crippen LogP contribution in [0, 0.1) is 11.8 Å². The summed E-state index contributed by atoms with van der Waals surface area (Å²) < 4.78 is 6.23. The molecule has 1 N–H and O–H groups in total. The first-order chi connectivity index (χ1) is 12.7. The summed E-state index contributed by atoms with van der Waals surface area (Å²) in [4.78, 5) is 10.4. The fourth-order valence-corrected chi connectivity index (χ4v) is 6.28. The zero-order valence-electron chi connectivity index (χ0n) is 16.2. The van der Waals surface area contributed by atoms with Crippen LogP contribution in [0.2, 0.25) is 0 Å². The third kappa shape index (κ3) is 7.85. The van der Waals surface area contributed by atoms with Gasteiger partial charge in [0.15, 0.2) is 0 Å². The van der Waals surface area contributed by atoms with Crippen LogP contribution in [0.1, 0.15) is 64.7 Å². The predicted octanol–water partition coefficient (Wildman–Crippen LogP) is 5.64. The molecule has 5 heteroatoms. The molecule has 0 aliphatic carbocycles. The molecule has 150 valence electrons. The average molecular weight is 401 g/mol. The molecule has 0 aromatic carbocycles. The van der Waals surface area contributed by atoms with Gasteiger partial charge in [0.05, 0.1) is 12.2 Å². The maximum absolute atomic E-state index is 10.4. The Kier molecular flexibility index (Phi) is 11.2. The van der Waals surface area contributed by atoms with Crippen LogP contribution in [0.25, 0.3) is 0 Å². The smallest absolute Gasteiger partial charge is 0.327 e. The number of rotatable bonds is 15. The van der Waals surface area contributed by atoms with Gasteiger partial charge in [-0.2, -0.15) is 23.5 Å². The Bertz CT molecular complexity index is 427. The fraction of sp³-hybridized carbons (Fsp3) is 0.857. The minimum absolute atomic E-state index is 0.520. The molecule has 0 aromatic rings. The number of fused-ring (bicyclic) bond motifs is 2. The molecule has 2 aliphatic heterocycles. The van der Waals surface area contributed by atoms with E-state index in [4.69, 9.17) is 9.84 Å². The molecule has 2 heterocycles. The number of thioether (sulfide) groups is 2. The Labute approximate surface area is 168 Å². The van der Waals surface area contributed by atoms with Crippen molar-refractivity contribution in [3.8, 4) is 0 Å². The van der Waals surface area contributed by atoms with Gasteiger partial charge in [-0.1, -0.05) is 32.3 Å². The van der Waals surface area contributed by atoms with Gasteiger partial charge in [0.2, 0.25) is 0 Å². The highest BCUT2D eigenvalue weighted by atomic mass is 32.2. The summed E-state index contributed by atoms with van der Waals surface area (Å²) in [6.07, 6.45) is 15.5. The number of ether oxygens (including phenoxy) is 1. The van der Waals surface area contributed by atoms with Gasteiger partial charge in [-0.15, -0.1) is 0 Å². The van der Waals surface area contributed by atoms with E-state index >= 15 is 0 Å². The Balaban J connectivity index is 1.58. The SMILES string of the molecule is CCCCCCSCC[C@H]1[C@@H](CCSCC/C=C/C(=O)O)[C@H]2CC[C@@H]1O2. The van der Waals surface area contributed by atoms with Crippen LogP contribution in [0.15, 0.2) is 12.2 Å². The maximum Gasteiger partial charge on any atom is 0.327 e. The second-order valence-electron chi connectivity index (χ2n) is 7.51. The Hall–Kier alpha value is -0.130. The lowest BCUT2D eigenvalue weighted by Gasteiger charge is -2.28. The van der Waals surface area contributed by atoms with Crippen LogP contribution in [-0.4, -0.2) is 46.3 Å². The third-order valence-corrected chi connectivity index (χ3v) is 7.76. The van der Waals surface area contributed by atoms with Crippen LogP contribution >= 0.6 is 23.5 Å². The quantitative estimate of drug-likeness (QED) is 0.285. The van der Waals surface area contributed by atoms with E-state index in [1.54, 1.807) is 6.08 Å². The van der Waals surface area contributed by atoms with Gasteiger partial charge in [0.25, 0.3) is 0 Å². The van der Waals surface area contributed by atoms with E-state index < -0.39 is 5.97 Å². The summed E-state index contributed by atoms with van der Waals surface area (Å²) in [7, 11) is 0. The maximum atomic E-state index is 10.4. The number of hydrogen-bond donors (Lipinski definition) is 1. The highest BCUT2D eigenvalue weighted by Gasteiger charge is 2.47. The van der Waals surface area contributed by atoms with Crippen molar-refractivity contribution >= 4 is 29.5 Å². The molecule has 2 aliphatic rings. The van der Waals surface area contributed by atoms with Gasteiger partial charge in [0.1, 0.15) is 0 Å². The Morgan fingerprint density at radius 3 is 2.27 bits per heavy atom. The van der Waals surface area contributed by atoms with Crippen LogP contribution in [0.3, 0.4) is 0 Å². The third-order valence-electron chi connectivity index (χ3n) is 5.61. The van der Waals surface area contributed by atoms with Gasteiger partial charge in [-0.25, -0.2) is 4.79 Å². The zero-order chi connectivity index (χ0) is 18.6. The van der Waals surface area contributed by atoms with Crippen molar-refractivity contribution in [1.29, 1.82) is 0 Å². The number of hydrogen-bond acceptors (Lipinski definition) is 4. The molecular weight excluding hydrogens is 364 g/mol. The molecule has 4 atom stereocenters. The minimum atomic E-state index is -0.847. The van der Waals surface area contributed by atoms with E-state index in [1.165, 1.54) is 74.7 Å². The van der Waals surface area contributed by atoms with E-state index in [9.17, 15) is 4.79 Å². The van der Waals surface area contributed by atoms with Crippen molar-refractivity contribution < 1.29 is 14.6 Å². The molecule has 2 fully saturated rings. The standard InChI is InChI=1S/C21H36O3S2/c1-2-3-4-6-13-25-15-11-17-18(20-10-9-19(17)24-20)12-16-26-14-7-5-8-21(22)23/h5,8,17-20H,2-4,6-7,9-16H2,1H3,(H,22,23)/b8-5+/t17-,18+,19-,20+/m0/s1. The van der Waals surface area contributed by atoms with Crippen molar-refractivity contribution in [2.75, 3.05) is 23.0 Å². The summed E-state index contributed by atoms with van der Waals surface area (Å²) in [5, 5.41) is 8.58. The number of allylic oxidation sites excluding steroid dienone is 1. The van der Waals surface area contributed by atoms with Crippen molar-refractivity contribution in [1.82, 2.24) is 0 Å². The molecule has 0 aromatic heterocycles. The summed E-state index contributed by atoms with van der Waals surface area (Å²) >= 11 is 4.10. The molecule has 0 saturated carbocycles. The molecule has 0 unspecified atom stereocenters. The highest BCUT2D eigenvalue weighted by molar-refractivity contribution is 7.99. The summed E-state index contributed by atoms with van der Waals surface area (Å²) in [5.74, 6) is 5.52. The van der Waals surface area contributed by atoms with Crippen LogP contribution in [0.4, 0.5) is 0 Å². The first kappa shape index (κ1) is 22.2. The van der Waals surface area contributed by atoms with Crippen LogP contribution in [-0.2, 0) is 9.53 Å². The summed E-state index contributed by atoms with van der Waals surface area (Å²) in [5.41, 5.74) is 0. The number of carboxylic acid groups (broad SMARTS) is 1. The second kappa shape index (κ2) is 13.1. The van der Waals surface area contributed by atoms with Crippen molar-refractivity contribution in [3.63, 3.8) is 0 Å². The first-order valence-electron chi connectivity index (χ1n) is 10.4. The van der Waals surface area contributed by atoms with Gasteiger partial charge in [-0.05, 0) is 73.4 Å². The molecule has 0 radical (unpaired) electrons. The van der Waals surface area contributed by atoms with Gasteiger partial charge >= 0.3 is 5.97 Å². The topological polar surface area (TPSA) is 46.5 Å². The fourth-order valence-electron chi connectivity index (χ4n) is 4.28. The van der Waals surface area contributed by atoms with Gasteiger partial charge in [-0.3, -0.25) is 0 Å². The van der Waals surface area contributed by atoms with Crippen LogP contribution in [0.5, 0.6) is 0 Å². The van der Waals surface area contributed by atoms with E-state index in [-0.39, 0.29) is 0 Å². The second-order valence-corrected chi connectivity index (χ2v) is 9.96. The molecule has 2 bridgehead atoms. The lowest BCUT2D eigenvalue weighted by molar-refractivity contribution is -0.131. The highest BCUT2D eigenvalue weighted by Crippen LogP contribution is 2.47. The first-order valence-corrected chi connectivity index (χ1v) is 12.7. The van der Waals surface area contributed by atoms with Gasteiger partial charge in [0, 0.05) is 6.08 Å². The molecule has 0 spiro atoms. The average Bonchev–Trinajstić information content (AvgIpc) is 3.22. The van der Waals surface area contributed by atoms with Crippen molar-refractivity contribution in [2.24, 2.45) is 11.8 Å². The molecule has 3 nitrogen and oxygen atoms in total. The van der Waals surface area contributed by atoms with E-state index in [0.717, 1.165) is 24.0 Å². The molecule has 0 amide bonds. The Morgan fingerprint density at radius 2 is 1.65 bits per heavy atom. The normalized spacial score (nSPS) is 27.6. The van der Waals surface area contributed by atoms with Crippen LogP contribution < -0.4 is 0 Å². The summed E-state index contributed by atoms with van der Waals surface area (Å²) in [6.45, 7) is 2.27. The zero-order valence-corrected chi connectivity index (χ0v) is 17.9.